The third-order valence-corrected chi connectivity index (χ3v) is 7.56. The molecule has 0 unspecified atom stereocenters. The molecule has 1 aromatic rings. The van der Waals surface area contributed by atoms with E-state index in [0.29, 0.717) is 51.1 Å². The lowest BCUT2D eigenvalue weighted by Crippen LogP contribution is -2.53. The average Bonchev–Trinajstić information content (AvgIpc) is 2.70. The van der Waals surface area contributed by atoms with Crippen LogP contribution >= 0.6 is 0 Å². The molecule has 0 aromatic heterocycles. The van der Waals surface area contributed by atoms with Crippen LogP contribution in [0.3, 0.4) is 0 Å². The Morgan fingerprint density at radius 2 is 1.75 bits per heavy atom. The van der Waals surface area contributed by atoms with Crippen molar-refractivity contribution < 1.29 is 17.9 Å². The predicted molar refractivity (Wildman–Crippen MR) is 108 cm³/mol. The quantitative estimate of drug-likeness (QED) is 0.717. The van der Waals surface area contributed by atoms with Crippen molar-refractivity contribution in [1.29, 1.82) is 0 Å². The van der Waals surface area contributed by atoms with E-state index in [1.165, 1.54) is 10.7 Å². The first-order chi connectivity index (χ1) is 13.4. The van der Waals surface area contributed by atoms with Crippen molar-refractivity contribution in [2.75, 3.05) is 45.9 Å². The van der Waals surface area contributed by atoms with Crippen molar-refractivity contribution in [3.63, 3.8) is 0 Å². The van der Waals surface area contributed by atoms with Crippen LogP contribution < -0.4 is 4.74 Å². The molecule has 8 heteroatoms. The number of amides is 1. The summed E-state index contributed by atoms with van der Waals surface area (Å²) in [5, 5.41) is 0. The Balaban J connectivity index is 1.55. The summed E-state index contributed by atoms with van der Waals surface area (Å²) >= 11 is 0. The lowest BCUT2D eigenvalue weighted by molar-refractivity contribution is -0.134. The van der Waals surface area contributed by atoms with Gasteiger partial charge < -0.3 is 9.64 Å². The van der Waals surface area contributed by atoms with E-state index in [9.17, 15) is 13.2 Å². The Hall–Kier alpha value is -1.64. The molecule has 2 aliphatic heterocycles. The van der Waals surface area contributed by atoms with Gasteiger partial charge in [0.15, 0.2) is 0 Å². The lowest BCUT2D eigenvalue weighted by atomic mass is 10.0. The molecule has 156 valence electrons. The topological polar surface area (TPSA) is 70.2 Å². The highest BCUT2D eigenvalue weighted by atomic mass is 32.2. The highest BCUT2D eigenvalue weighted by Gasteiger charge is 2.31. The van der Waals surface area contributed by atoms with Gasteiger partial charge in [-0.3, -0.25) is 9.69 Å². The summed E-state index contributed by atoms with van der Waals surface area (Å²) < 4.78 is 32.6. The smallest absolute Gasteiger partial charge is 0.243 e. The number of piperidine rings is 1. The Morgan fingerprint density at radius 1 is 1.07 bits per heavy atom. The summed E-state index contributed by atoms with van der Waals surface area (Å²) in [7, 11) is -3.55. The fraction of sp³-hybridized carbons (Fsp3) is 0.650. The van der Waals surface area contributed by atoms with E-state index in [0.717, 1.165) is 19.4 Å². The first-order valence-corrected chi connectivity index (χ1v) is 11.6. The summed E-state index contributed by atoms with van der Waals surface area (Å²) in [6.07, 6.45) is 3.51. The van der Waals surface area contributed by atoms with Crippen LogP contribution in [0, 0.1) is 0 Å². The van der Waals surface area contributed by atoms with E-state index < -0.39 is 10.0 Å². The molecule has 0 radical (unpaired) electrons. The maximum Gasteiger partial charge on any atom is 0.243 e. The SMILES string of the molecule is CCOc1ccc(S(=O)(=O)N2CCN(C(=O)CN3CCCC[C@H]3C)CC2)cc1. The first-order valence-electron chi connectivity index (χ1n) is 10.2. The summed E-state index contributed by atoms with van der Waals surface area (Å²) in [6, 6.07) is 6.95. The Bertz CT molecular complexity index is 758. The van der Waals surface area contributed by atoms with Gasteiger partial charge in [0.05, 0.1) is 18.0 Å². The van der Waals surface area contributed by atoms with Gasteiger partial charge in [-0.25, -0.2) is 8.42 Å². The van der Waals surface area contributed by atoms with Crippen LogP contribution in [0.25, 0.3) is 0 Å². The third-order valence-electron chi connectivity index (χ3n) is 5.64. The largest absolute Gasteiger partial charge is 0.494 e. The minimum Gasteiger partial charge on any atom is -0.494 e. The van der Waals surface area contributed by atoms with Gasteiger partial charge in [0, 0.05) is 32.2 Å². The molecule has 2 heterocycles. The van der Waals surface area contributed by atoms with Crippen LogP contribution in [0.2, 0.25) is 0 Å². The van der Waals surface area contributed by atoms with Crippen LogP contribution in [-0.2, 0) is 14.8 Å². The normalized spacial score (nSPS) is 22.2. The predicted octanol–water partition coefficient (Wildman–Crippen LogP) is 1.79. The van der Waals surface area contributed by atoms with Crippen molar-refractivity contribution in [1.82, 2.24) is 14.1 Å². The standard InChI is InChI=1S/C20H31N3O4S/c1-3-27-18-7-9-19(10-8-18)28(25,26)23-14-12-21(13-15-23)20(24)16-22-11-5-4-6-17(22)2/h7-10,17H,3-6,11-16H2,1-2H3/t17-/m1/s1. The molecule has 2 fully saturated rings. The number of ether oxygens (including phenoxy) is 1. The molecule has 0 N–H and O–H groups in total. The number of hydrogen-bond donors (Lipinski definition) is 0. The number of benzene rings is 1. The van der Waals surface area contributed by atoms with Gasteiger partial charge >= 0.3 is 0 Å². The number of carbonyl (C=O) groups excluding carboxylic acids is 1. The van der Waals surface area contributed by atoms with Crippen molar-refractivity contribution >= 4 is 15.9 Å². The second-order valence-corrected chi connectivity index (χ2v) is 9.44. The zero-order valence-electron chi connectivity index (χ0n) is 16.8. The minimum absolute atomic E-state index is 0.104. The number of hydrogen-bond acceptors (Lipinski definition) is 5. The zero-order valence-corrected chi connectivity index (χ0v) is 17.7. The summed E-state index contributed by atoms with van der Waals surface area (Å²) in [4.78, 5) is 16.9. The fourth-order valence-electron chi connectivity index (χ4n) is 3.87. The molecule has 3 rings (SSSR count). The van der Waals surface area contributed by atoms with Crippen molar-refractivity contribution in [2.45, 2.75) is 44.0 Å². The average molecular weight is 410 g/mol. The molecule has 2 saturated heterocycles. The molecule has 0 aliphatic carbocycles. The Labute approximate surface area is 168 Å². The molecule has 28 heavy (non-hydrogen) atoms. The zero-order chi connectivity index (χ0) is 20.1. The Morgan fingerprint density at radius 3 is 2.36 bits per heavy atom. The minimum atomic E-state index is -3.55. The van der Waals surface area contributed by atoms with Crippen molar-refractivity contribution in [3.05, 3.63) is 24.3 Å². The number of rotatable bonds is 6. The van der Waals surface area contributed by atoms with Crippen molar-refractivity contribution in [3.8, 4) is 5.75 Å². The van der Waals surface area contributed by atoms with Gasteiger partial charge in [0.25, 0.3) is 0 Å². The summed E-state index contributed by atoms with van der Waals surface area (Å²) in [5.74, 6) is 0.760. The maximum absolute atomic E-state index is 12.9. The van der Waals surface area contributed by atoms with E-state index >= 15 is 0 Å². The van der Waals surface area contributed by atoms with Crippen molar-refractivity contribution in [2.24, 2.45) is 0 Å². The molecule has 0 spiro atoms. The molecule has 0 saturated carbocycles. The van der Waals surface area contributed by atoms with Crippen LogP contribution in [0.1, 0.15) is 33.1 Å². The fourth-order valence-corrected chi connectivity index (χ4v) is 5.29. The van der Waals surface area contributed by atoms with Gasteiger partial charge in [-0.1, -0.05) is 6.42 Å². The highest BCUT2D eigenvalue weighted by Crippen LogP contribution is 2.21. The van der Waals surface area contributed by atoms with Gasteiger partial charge in [-0.05, 0) is 57.5 Å². The molecule has 1 atom stereocenters. The van der Waals surface area contributed by atoms with E-state index in [2.05, 4.69) is 11.8 Å². The number of sulfonamides is 1. The highest BCUT2D eigenvalue weighted by molar-refractivity contribution is 7.89. The number of piperazine rings is 1. The second kappa shape index (κ2) is 9.24. The summed E-state index contributed by atoms with van der Waals surface area (Å²) in [5.41, 5.74) is 0. The first kappa shape index (κ1) is 21.1. The van der Waals surface area contributed by atoms with Crippen LogP contribution in [-0.4, -0.2) is 80.3 Å². The van der Waals surface area contributed by atoms with Gasteiger partial charge in [0.1, 0.15) is 5.75 Å². The monoisotopic (exact) mass is 409 g/mol. The molecular weight excluding hydrogens is 378 g/mol. The number of carbonyl (C=O) groups is 1. The number of likely N-dealkylation sites (tertiary alicyclic amines) is 1. The van der Waals surface area contributed by atoms with Crippen LogP contribution in [0.5, 0.6) is 5.75 Å². The molecule has 0 bridgehead atoms. The van der Waals surface area contributed by atoms with E-state index in [-0.39, 0.29) is 10.8 Å². The van der Waals surface area contributed by atoms with E-state index in [4.69, 9.17) is 4.74 Å². The summed E-state index contributed by atoms with van der Waals surface area (Å²) in [6.45, 7) is 7.55. The molecular formula is C20H31N3O4S. The Kier molecular flexibility index (Phi) is 6.95. The third kappa shape index (κ3) is 4.85. The molecule has 1 amide bonds. The van der Waals surface area contributed by atoms with Crippen LogP contribution in [0.4, 0.5) is 0 Å². The molecule has 2 aliphatic rings. The molecule has 7 nitrogen and oxygen atoms in total. The van der Waals surface area contributed by atoms with Gasteiger partial charge in [0.2, 0.25) is 15.9 Å². The lowest BCUT2D eigenvalue weighted by Gasteiger charge is -2.37. The number of nitrogens with zero attached hydrogens (tertiary/aromatic N) is 3. The molecule has 1 aromatic carbocycles. The van der Waals surface area contributed by atoms with Gasteiger partial charge in [-0.2, -0.15) is 4.31 Å². The van der Waals surface area contributed by atoms with E-state index in [1.54, 1.807) is 29.2 Å². The maximum atomic E-state index is 12.9. The van der Waals surface area contributed by atoms with Gasteiger partial charge in [-0.15, -0.1) is 0 Å². The van der Waals surface area contributed by atoms with Crippen LogP contribution in [0.15, 0.2) is 29.2 Å². The second-order valence-electron chi connectivity index (χ2n) is 7.50. The van der Waals surface area contributed by atoms with E-state index in [1.807, 2.05) is 6.92 Å².